The van der Waals surface area contributed by atoms with E-state index >= 15 is 0 Å². The summed E-state index contributed by atoms with van der Waals surface area (Å²) < 4.78 is 15.4. The predicted octanol–water partition coefficient (Wildman–Crippen LogP) is 2.22. The number of benzene rings is 1. The summed E-state index contributed by atoms with van der Waals surface area (Å²) in [5.41, 5.74) is 1.16. The molecule has 1 heterocycles. The van der Waals surface area contributed by atoms with Gasteiger partial charge in [0.05, 0.1) is 7.11 Å². The maximum atomic E-state index is 11.0. The van der Waals surface area contributed by atoms with Crippen LogP contribution in [0, 0.1) is 6.92 Å². The lowest BCUT2D eigenvalue weighted by Crippen LogP contribution is -2.02. The lowest BCUT2D eigenvalue weighted by atomic mass is 10.2. The molecule has 1 aromatic heterocycles. The molecule has 0 spiro atoms. The topological polar surface area (TPSA) is 74.5 Å². The lowest BCUT2D eigenvalue weighted by Gasteiger charge is -2.02. The largest absolute Gasteiger partial charge is 0.484 e. The predicted molar refractivity (Wildman–Crippen MR) is 72.5 cm³/mol. The lowest BCUT2D eigenvalue weighted by molar-refractivity contribution is -0.137. The minimum Gasteiger partial charge on any atom is -0.484 e. The smallest absolute Gasteiger partial charge is 0.316 e. The fraction of sp³-hybridized carbons (Fsp3) is 0.308. The number of aromatic nitrogens is 2. The van der Waals surface area contributed by atoms with Gasteiger partial charge in [-0.15, -0.1) is 10.2 Å². The Hall–Kier alpha value is -2.02. The van der Waals surface area contributed by atoms with E-state index in [0.717, 1.165) is 23.1 Å². The molecule has 0 aliphatic heterocycles. The normalized spacial score (nSPS) is 10.3. The molecule has 1 aromatic carbocycles. The number of aryl methyl sites for hydroxylation is 1. The van der Waals surface area contributed by atoms with Crippen molar-refractivity contribution in [1.29, 1.82) is 0 Å². The Morgan fingerprint density at radius 2 is 2.05 bits per heavy atom. The SMILES string of the molecule is COC(=O)CSc1nnc(COc2ccc(C)cc2)o1. The number of hydrogen-bond donors (Lipinski definition) is 0. The quantitative estimate of drug-likeness (QED) is 0.597. The standard InChI is InChI=1S/C13H14N2O4S/c1-9-3-5-10(6-4-9)18-7-11-14-15-13(19-11)20-8-12(16)17-2/h3-6H,7-8H2,1-2H3. The number of rotatable bonds is 6. The number of thioether (sulfide) groups is 1. The average Bonchev–Trinajstić information content (AvgIpc) is 2.92. The molecular formula is C13H14N2O4S. The molecule has 0 bridgehead atoms. The molecule has 2 aromatic rings. The third-order valence-electron chi connectivity index (χ3n) is 2.37. The van der Waals surface area contributed by atoms with Crippen LogP contribution in [0.4, 0.5) is 0 Å². The van der Waals surface area contributed by atoms with E-state index in [2.05, 4.69) is 14.9 Å². The molecule has 0 aliphatic rings. The van der Waals surface area contributed by atoms with Gasteiger partial charge in [0.1, 0.15) is 11.5 Å². The first-order chi connectivity index (χ1) is 9.67. The molecular weight excluding hydrogens is 280 g/mol. The Bertz CT molecular complexity index is 568. The van der Waals surface area contributed by atoms with Gasteiger partial charge in [-0.25, -0.2) is 0 Å². The highest BCUT2D eigenvalue weighted by atomic mass is 32.2. The highest BCUT2D eigenvalue weighted by Crippen LogP contribution is 2.18. The van der Waals surface area contributed by atoms with E-state index in [1.54, 1.807) is 0 Å². The van der Waals surface area contributed by atoms with Gasteiger partial charge in [0.25, 0.3) is 11.1 Å². The summed E-state index contributed by atoms with van der Waals surface area (Å²) in [5.74, 6) is 0.887. The van der Waals surface area contributed by atoms with Crippen LogP contribution in [-0.4, -0.2) is 29.0 Å². The molecule has 0 aliphatic carbocycles. The minimum atomic E-state index is -0.342. The van der Waals surface area contributed by atoms with Crippen LogP contribution in [0.2, 0.25) is 0 Å². The molecule has 0 amide bonds. The highest BCUT2D eigenvalue weighted by molar-refractivity contribution is 7.99. The maximum Gasteiger partial charge on any atom is 0.316 e. The monoisotopic (exact) mass is 294 g/mol. The molecule has 0 radical (unpaired) electrons. The number of carbonyl (C=O) groups is 1. The number of nitrogens with zero attached hydrogens (tertiary/aromatic N) is 2. The number of carbonyl (C=O) groups excluding carboxylic acids is 1. The molecule has 6 nitrogen and oxygen atoms in total. The van der Waals surface area contributed by atoms with Crippen LogP contribution in [0.5, 0.6) is 5.75 Å². The fourth-order valence-corrected chi connectivity index (χ4v) is 1.93. The van der Waals surface area contributed by atoms with Crippen molar-refractivity contribution < 1.29 is 18.7 Å². The van der Waals surface area contributed by atoms with Crippen molar-refractivity contribution in [2.24, 2.45) is 0 Å². The molecule has 0 fully saturated rings. The van der Waals surface area contributed by atoms with Gasteiger partial charge < -0.3 is 13.9 Å². The van der Waals surface area contributed by atoms with E-state index in [1.165, 1.54) is 7.11 Å². The van der Waals surface area contributed by atoms with Gasteiger partial charge in [-0.2, -0.15) is 0 Å². The second kappa shape index (κ2) is 6.95. The molecule has 2 rings (SSSR count). The van der Waals surface area contributed by atoms with Crippen LogP contribution in [-0.2, 0) is 16.1 Å². The first-order valence-electron chi connectivity index (χ1n) is 5.89. The van der Waals surface area contributed by atoms with Gasteiger partial charge in [0.15, 0.2) is 6.61 Å². The van der Waals surface area contributed by atoms with Crippen LogP contribution in [0.25, 0.3) is 0 Å². The van der Waals surface area contributed by atoms with E-state index in [4.69, 9.17) is 9.15 Å². The second-order valence-corrected chi connectivity index (χ2v) is 4.85. The van der Waals surface area contributed by atoms with Gasteiger partial charge in [-0.1, -0.05) is 29.5 Å². The second-order valence-electron chi connectivity index (χ2n) is 3.93. The summed E-state index contributed by atoms with van der Waals surface area (Å²) in [7, 11) is 1.33. The third-order valence-corrected chi connectivity index (χ3v) is 3.16. The van der Waals surface area contributed by atoms with Crippen molar-refractivity contribution in [1.82, 2.24) is 10.2 Å². The zero-order valence-electron chi connectivity index (χ0n) is 11.2. The molecule has 0 saturated heterocycles. The fourth-order valence-electron chi connectivity index (χ4n) is 1.31. The average molecular weight is 294 g/mol. The summed E-state index contributed by atoms with van der Waals surface area (Å²) in [6, 6.07) is 7.67. The van der Waals surface area contributed by atoms with Crippen molar-refractivity contribution in [2.45, 2.75) is 18.8 Å². The number of ether oxygens (including phenoxy) is 2. The first-order valence-corrected chi connectivity index (χ1v) is 6.87. The maximum absolute atomic E-state index is 11.0. The van der Waals surface area contributed by atoms with Gasteiger partial charge in [-0.3, -0.25) is 4.79 Å². The Morgan fingerprint density at radius 3 is 2.75 bits per heavy atom. The van der Waals surface area contributed by atoms with E-state index in [9.17, 15) is 4.79 Å². The van der Waals surface area contributed by atoms with E-state index in [1.807, 2.05) is 31.2 Å². The van der Waals surface area contributed by atoms with Gasteiger partial charge in [0, 0.05) is 0 Å². The van der Waals surface area contributed by atoms with Crippen LogP contribution in [0.1, 0.15) is 11.5 Å². The summed E-state index contributed by atoms with van der Waals surface area (Å²) in [5, 5.41) is 7.96. The number of esters is 1. The zero-order valence-corrected chi connectivity index (χ0v) is 12.0. The van der Waals surface area contributed by atoms with Gasteiger partial charge >= 0.3 is 5.97 Å². The minimum absolute atomic E-state index is 0.136. The Kier molecular flexibility index (Phi) is 5.00. The van der Waals surface area contributed by atoms with E-state index in [-0.39, 0.29) is 18.3 Å². The van der Waals surface area contributed by atoms with Crippen LogP contribution in [0.3, 0.4) is 0 Å². The molecule has 20 heavy (non-hydrogen) atoms. The summed E-state index contributed by atoms with van der Waals surface area (Å²) in [4.78, 5) is 11.0. The van der Waals surface area contributed by atoms with Crippen LogP contribution in [0.15, 0.2) is 33.9 Å². The summed E-state index contributed by atoms with van der Waals surface area (Å²) in [6.07, 6.45) is 0. The van der Waals surface area contributed by atoms with Crippen molar-refractivity contribution in [3.05, 3.63) is 35.7 Å². The number of hydrogen-bond acceptors (Lipinski definition) is 7. The van der Waals surface area contributed by atoms with E-state index < -0.39 is 0 Å². The highest BCUT2D eigenvalue weighted by Gasteiger charge is 2.10. The molecule has 0 saturated carbocycles. The van der Waals surface area contributed by atoms with Gasteiger partial charge in [0.2, 0.25) is 0 Å². The molecule has 106 valence electrons. The number of methoxy groups -OCH3 is 1. The Balaban J connectivity index is 1.83. The molecule has 7 heteroatoms. The van der Waals surface area contributed by atoms with Crippen molar-refractivity contribution in [2.75, 3.05) is 12.9 Å². The zero-order chi connectivity index (χ0) is 14.4. The molecule has 0 unspecified atom stereocenters. The first kappa shape index (κ1) is 14.4. The van der Waals surface area contributed by atoms with Crippen molar-refractivity contribution in [3.63, 3.8) is 0 Å². The Morgan fingerprint density at radius 1 is 1.30 bits per heavy atom. The van der Waals surface area contributed by atoms with Crippen LogP contribution < -0.4 is 4.74 Å². The van der Waals surface area contributed by atoms with Crippen LogP contribution >= 0.6 is 11.8 Å². The van der Waals surface area contributed by atoms with E-state index in [0.29, 0.717) is 11.1 Å². The van der Waals surface area contributed by atoms with Crippen molar-refractivity contribution in [3.8, 4) is 5.75 Å². The van der Waals surface area contributed by atoms with Gasteiger partial charge in [-0.05, 0) is 19.1 Å². The summed E-state index contributed by atoms with van der Waals surface area (Å²) in [6.45, 7) is 2.20. The third kappa shape index (κ3) is 4.27. The molecule has 0 atom stereocenters. The van der Waals surface area contributed by atoms with Crippen molar-refractivity contribution >= 4 is 17.7 Å². The Labute approximate surface area is 120 Å². The summed E-state index contributed by atoms with van der Waals surface area (Å²) >= 11 is 1.13. The molecule has 0 N–H and O–H groups in total.